The van der Waals surface area contributed by atoms with Crippen LogP contribution < -0.4 is 5.32 Å². The van der Waals surface area contributed by atoms with Gasteiger partial charge in [-0.15, -0.1) is 11.3 Å². The molecule has 0 aliphatic heterocycles. The predicted octanol–water partition coefficient (Wildman–Crippen LogP) is 1.90. The van der Waals surface area contributed by atoms with E-state index in [4.69, 9.17) is 5.11 Å². The molecular weight excluding hydrogens is 271 g/mol. The van der Waals surface area contributed by atoms with Crippen molar-refractivity contribution in [2.45, 2.75) is 25.6 Å². The maximum atomic E-state index is 12.3. The van der Waals surface area contributed by atoms with Gasteiger partial charge in [0.1, 0.15) is 6.04 Å². The molecule has 1 aromatic heterocycles. The van der Waals surface area contributed by atoms with Crippen LogP contribution in [0.3, 0.4) is 0 Å². The maximum Gasteiger partial charge on any atom is 0.417 e. The molecule has 1 rings (SSSR count). The number of hydrogen-bond donors (Lipinski definition) is 2. The van der Waals surface area contributed by atoms with Gasteiger partial charge in [-0.1, -0.05) is 0 Å². The van der Waals surface area contributed by atoms with E-state index in [1.54, 1.807) is 0 Å². The first-order valence-corrected chi connectivity index (χ1v) is 5.72. The molecular formula is C10H10F3NO3S. The lowest BCUT2D eigenvalue weighted by Gasteiger charge is -2.11. The number of aliphatic carboxylic acids is 1. The van der Waals surface area contributed by atoms with Gasteiger partial charge in [0.2, 0.25) is 5.91 Å². The molecule has 0 aliphatic carbocycles. The number of amides is 1. The van der Waals surface area contributed by atoms with E-state index in [9.17, 15) is 22.8 Å². The number of nitrogens with one attached hydrogen (secondary N) is 1. The number of alkyl halides is 3. The van der Waals surface area contributed by atoms with Crippen LogP contribution in [-0.2, 0) is 22.2 Å². The monoisotopic (exact) mass is 281 g/mol. The van der Waals surface area contributed by atoms with Gasteiger partial charge in [0.25, 0.3) is 0 Å². The number of halogens is 3. The Labute approximate surface area is 104 Å². The Bertz CT molecular complexity index is 455. The van der Waals surface area contributed by atoms with Crippen LogP contribution in [0.2, 0.25) is 0 Å². The molecule has 0 spiro atoms. The minimum atomic E-state index is -4.44. The summed E-state index contributed by atoms with van der Waals surface area (Å²) >= 11 is 0.815. The molecule has 0 fully saturated rings. The average Bonchev–Trinajstić information content (AvgIpc) is 2.63. The Morgan fingerprint density at radius 1 is 1.50 bits per heavy atom. The summed E-state index contributed by atoms with van der Waals surface area (Å²) in [5.74, 6) is -1.83. The fourth-order valence-electron chi connectivity index (χ4n) is 1.28. The normalized spacial score (nSPS) is 13.1. The number of carboxylic acids is 1. The number of carbonyl (C=O) groups excluding carboxylic acids is 1. The van der Waals surface area contributed by atoms with Crippen molar-refractivity contribution in [1.82, 2.24) is 5.32 Å². The Morgan fingerprint density at radius 2 is 2.11 bits per heavy atom. The van der Waals surface area contributed by atoms with Crippen LogP contribution in [0, 0.1) is 0 Å². The molecule has 0 saturated carbocycles. The van der Waals surface area contributed by atoms with Crippen molar-refractivity contribution in [3.05, 3.63) is 21.9 Å². The Kier molecular flexibility index (Phi) is 4.33. The highest BCUT2D eigenvalue weighted by molar-refractivity contribution is 7.10. The molecule has 0 radical (unpaired) electrons. The first-order valence-electron chi connectivity index (χ1n) is 4.84. The van der Waals surface area contributed by atoms with Gasteiger partial charge in [0, 0.05) is 23.6 Å². The number of thiophene rings is 1. The smallest absolute Gasteiger partial charge is 0.417 e. The van der Waals surface area contributed by atoms with Crippen LogP contribution in [0.25, 0.3) is 0 Å². The molecule has 0 aromatic carbocycles. The van der Waals surface area contributed by atoms with Crippen molar-refractivity contribution in [2.75, 3.05) is 0 Å². The molecule has 0 bridgehead atoms. The van der Waals surface area contributed by atoms with Crippen LogP contribution in [0.15, 0.2) is 11.4 Å². The zero-order valence-corrected chi connectivity index (χ0v) is 10.1. The van der Waals surface area contributed by atoms with E-state index < -0.39 is 29.7 Å². The van der Waals surface area contributed by atoms with E-state index in [2.05, 4.69) is 5.32 Å². The number of rotatable bonds is 4. The van der Waals surface area contributed by atoms with Crippen LogP contribution in [-0.4, -0.2) is 23.0 Å². The summed E-state index contributed by atoms with van der Waals surface area (Å²) in [6.45, 7) is 1.14. The highest BCUT2D eigenvalue weighted by atomic mass is 32.1. The molecule has 0 aliphatic rings. The molecule has 18 heavy (non-hydrogen) atoms. The fraction of sp³-hybridized carbons (Fsp3) is 0.400. The summed E-state index contributed by atoms with van der Waals surface area (Å²) in [4.78, 5) is 21.8. The zero-order valence-electron chi connectivity index (χ0n) is 9.25. The second-order valence-corrected chi connectivity index (χ2v) is 4.59. The average molecular weight is 281 g/mol. The van der Waals surface area contributed by atoms with Gasteiger partial charge in [-0.2, -0.15) is 13.2 Å². The minimum Gasteiger partial charge on any atom is -0.480 e. The number of carbonyl (C=O) groups is 2. The third-order valence-corrected chi connectivity index (χ3v) is 3.02. The van der Waals surface area contributed by atoms with Crippen molar-refractivity contribution in [3.63, 3.8) is 0 Å². The Morgan fingerprint density at radius 3 is 2.50 bits per heavy atom. The van der Waals surface area contributed by atoms with E-state index in [-0.39, 0.29) is 11.3 Å². The summed E-state index contributed by atoms with van der Waals surface area (Å²) in [6, 6.07) is -0.329. The van der Waals surface area contributed by atoms with E-state index in [1.165, 1.54) is 0 Å². The van der Waals surface area contributed by atoms with Crippen LogP contribution >= 0.6 is 11.3 Å². The molecule has 1 amide bonds. The second kappa shape index (κ2) is 5.38. The molecule has 0 saturated heterocycles. The highest BCUT2D eigenvalue weighted by Gasteiger charge is 2.32. The number of carboxylic acid groups (broad SMARTS) is 1. The standard InChI is InChI=1S/C10H10F3NO3S/c1-5(15)14-8(9(16)17)3-7-2-6(4-18-7)10(11,12)13/h2,4,8H,3H2,1H3,(H,14,15)(H,16,17). The molecule has 1 aromatic rings. The third-order valence-electron chi connectivity index (χ3n) is 2.06. The van der Waals surface area contributed by atoms with Gasteiger partial charge in [0.15, 0.2) is 0 Å². The molecule has 1 unspecified atom stereocenters. The van der Waals surface area contributed by atoms with Crippen LogP contribution in [0.5, 0.6) is 0 Å². The summed E-state index contributed by atoms with van der Waals surface area (Å²) in [6.07, 6.45) is -4.61. The van der Waals surface area contributed by atoms with Crippen LogP contribution in [0.4, 0.5) is 13.2 Å². The maximum absolute atomic E-state index is 12.3. The first-order chi connectivity index (χ1) is 8.20. The zero-order chi connectivity index (χ0) is 13.9. The van der Waals surface area contributed by atoms with Gasteiger partial charge in [-0.25, -0.2) is 4.79 Å². The van der Waals surface area contributed by atoms with Gasteiger partial charge in [-0.05, 0) is 6.07 Å². The van der Waals surface area contributed by atoms with Crippen molar-refractivity contribution in [1.29, 1.82) is 0 Å². The van der Waals surface area contributed by atoms with Crippen molar-refractivity contribution in [3.8, 4) is 0 Å². The van der Waals surface area contributed by atoms with Gasteiger partial charge < -0.3 is 10.4 Å². The highest BCUT2D eigenvalue weighted by Crippen LogP contribution is 2.32. The Balaban J connectivity index is 2.79. The largest absolute Gasteiger partial charge is 0.480 e. The molecule has 8 heteroatoms. The lowest BCUT2D eigenvalue weighted by molar-refractivity contribution is -0.141. The summed E-state index contributed by atoms with van der Waals surface area (Å²) in [7, 11) is 0. The van der Waals surface area contributed by atoms with Gasteiger partial charge >= 0.3 is 12.1 Å². The third kappa shape index (κ3) is 4.02. The lowest BCUT2D eigenvalue weighted by atomic mass is 10.1. The van der Waals surface area contributed by atoms with Crippen molar-refractivity contribution in [2.24, 2.45) is 0 Å². The quantitative estimate of drug-likeness (QED) is 0.885. The summed E-state index contributed by atoms with van der Waals surface area (Å²) < 4.78 is 37.0. The minimum absolute atomic E-state index is 0.171. The SMILES string of the molecule is CC(=O)NC(Cc1cc(C(F)(F)F)cs1)C(=O)O. The molecule has 100 valence electrons. The van der Waals surface area contributed by atoms with E-state index in [0.717, 1.165) is 29.7 Å². The first kappa shape index (κ1) is 14.5. The van der Waals surface area contributed by atoms with E-state index >= 15 is 0 Å². The van der Waals surface area contributed by atoms with E-state index in [1.807, 2.05) is 0 Å². The summed E-state index contributed by atoms with van der Waals surface area (Å²) in [5, 5.41) is 11.9. The van der Waals surface area contributed by atoms with E-state index in [0.29, 0.717) is 0 Å². The topological polar surface area (TPSA) is 66.4 Å². The van der Waals surface area contributed by atoms with Crippen molar-refractivity contribution >= 4 is 23.2 Å². The van der Waals surface area contributed by atoms with Gasteiger partial charge in [0.05, 0.1) is 5.56 Å². The molecule has 1 heterocycles. The van der Waals surface area contributed by atoms with Gasteiger partial charge in [-0.3, -0.25) is 4.79 Å². The predicted molar refractivity (Wildman–Crippen MR) is 58.3 cm³/mol. The second-order valence-electron chi connectivity index (χ2n) is 3.59. The van der Waals surface area contributed by atoms with Crippen molar-refractivity contribution < 1.29 is 27.9 Å². The fourth-order valence-corrected chi connectivity index (χ4v) is 2.22. The Hall–Kier alpha value is -1.57. The summed E-state index contributed by atoms with van der Waals surface area (Å²) in [5.41, 5.74) is -0.811. The molecule has 4 nitrogen and oxygen atoms in total. The lowest BCUT2D eigenvalue weighted by Crippen LogP contribution is -2.40. The number of hydrogen-bond acceptors (Lipinski definition) is 3. The molecule has 2 N–H and O–H groups in total. The molecule has 1 atom stereocenters. The van der Waals surface area contributed by atoms with Crippen LogP contribution in [0.1, 0.15) is 17.4 Å².